The van der Waals surface area contributed by atoms with Crippen LogP contribution in [0.1, 0.15) is 0 Å². The molecule has 2 rings (SSSR count). The average Bonchev–Trinajstić information content (AvgIpc) is 2.33. The van der Waals surface area contributed by atoms with Crippen molar-refractivity contribution in [3.8, 4) is 0 Å². The standard InChI is InChI=1S/C11H10BrN3S/c1-13-10-9(12)11(15-7-14-10)16-8-5-3-2-4-6-8/h2-7H,1H3,(H,13,14,15). The number of nitrogens with zero attached hydrogens (tertiary/aromatic N) is 2. The molecule has 0 fully saturated rings. The van der Waals surface area contributed by atoms with Crippen LogP contribution >= 0.6 is 27.7 Å². The molecule has 0 unspecified atom stereocenters. The van der Waals surface area contributed by atoms with Gasteiger partial charge in [-0.25, -0.2) is 9.97 Å². The Morgan fingerprint density at radius 3 is 2.62 bits per heavy atom. The monoisotopic (exact) mass is 295 g/mol. The van der Waals surface area contributed by atoms with Crippen molar-refractivity contribution >= 4 is 33.5 Å². The van der Waals surface area contributed by atoms with E-state index in [0.717, 1.165) is 20.2 Å². The Balaban J connectivity index is 2.28. The van der Waals surface area contributed by atoms with Crippen molar-refractivity contribution in [2.45, 2.75) is 9.92 Å². The molecule has 0 aliphatic rings. The molecule has 0 saturated heterocycles. The lowest BCUT2D eigenvalue weighted by Crippen LogP contribution is -1.95. The fraction of sp³-hybridized carbons (Fsp3) is 0.0909. The maximum Gasteiger partial charge on any atom is 0.144 e. The summed E-state index contributed by atoms with van der Waals surface area (Å²) >= 11 is 5.10. The maximum absolute atomic E-state index is 4.25. The third-order valence-electron chi connectivity index (χ3n) is 1.95. The fourth-order valence-electron chi connectivity index (χ4n) is 1.20. The van der Waals surface area contributed by atoms with Gasteiger partial charge in [-0.15, -0.1) is 0 Å². The van der Waals surface area contributed by atoms with Crippen LogP contribution in [0, 0.1) is 0 Å². The van der Waals surface area contributed by atoms with E-state index < -0.39 is 0 Å². The van der Waals surface area contributed by atoms with E-state index in [-0.39, 0.29) is 0 Å². The second-order valence-electron chi connectivity index (χ2n) is 3.01. The van der Waals surface area contributed by atoms with E-state index in [1.807, 2.05) is 25.2 Å². The minimum Gasteiger partial charge on any atom is -0.372 e. The van der Waals surface area contributed by atoms with Crippen LogP contribution in [-0.2, 0) is 0 Å². The van der Waals surface area contributed by atoms with Gasteiger partial charge in [-0.3, -0.25) is 0 Å². The highest BCUT2D eigenvalue weighted by Crippen LogP contribution is 2.34. The summed E-state index contributed by atoms with van der Waals surface area (Å²) in [7, 11) is 1.84. The van der Waals surface area contributed by atoms with E-state index in [1.165, 1.54) is 0 Å². The van der Waals surface area contributed by atoms with Crippen LogP contribution < -0.4 is 5.32 Å². The third-order valence-corrected chi connectivity index (χ3v) is 3.98. The number of hydrogen-bond acceptors (Lipinski definition) is 4. The first-order chi connectivity index (χ1) is 7.81. The van der Waals surface area contributed by atoms with E-state index in [1.54, 1.807) is 18.1 Å². The van der Waals surface area contributed by atoms with Crippen LogP contribution in [0.3, 0.4) is 0 Å². The molecule has 1 aromatic carbocycles. The SMILES string of the molecule is CNc1ncnc(Sc2ccccc2)c1Br. The Morgan fingerprint density at radius 1 is 1.19 bits per heavy atom. The molecule has 0 saturated carbocycles. The summed E-state index contributed by atoms with van der Waals surface area (Å²) in [5, 5.41) is 3.92. The summed E-state index contributed by atoms with van der Waals surface area (Å²) < 4.78 is 0.895. The molecule has 2 aromatic rings. The van der Waals surface area contributed by atoms with Gasteiger partial charge >= 0.3 is 0 Å². The first-order valence-corrected chi connectivity index (χ1v) is 6.33. The van der Waals surface area contributed by atoms with Gasteiger partial charge in [0.05, 0.1) is 4.47 Å². The van der Waals surface area contributed by atoms with Gasteiger partial charge in [-0.1, -0.05) is 30.0 Å². The fourth-order valence-corrected chi connectivity index (χ4v) is 2.65. The molecule has 16 heavy (non-hydrogen) atoms. The largest absolute Gasteiger partial charge is 0.372 e. The van der Waals surface area contributed by atoms with Gasteiger partial charge in [0, 0.05) is 11.9 Å². The number of aromatic nitrogens is 2. The Hall–Kier alpha value is -1.07. The van der Waals surface area contributed by atoms with Crippen molar-refractivity contribution in [1.82, 2.24) is 9.97 Å². The third kappa shape index (κ3) is 2.54. The highest BCUT2D eigenvalue weighted by atomic mass is 79.9. The van der Waals surface area contributed by atoms with E-state index >= 15 is 0 Å². The van der Waals surface area contributed by atoms with Gasteiger partial charge in [-0.2, -0.15) is 0 Å². The highest BCUT2D eigenvalue weighted by molar-refractivity contribution is 9.10. The molecular formula is C11H10BrN3S. The van der Waals surface area contributed by atoms with E-state index in [9.17, 15) is 0 Å². The van der Waals surface area contributed by atoms with Crippen molar-refractivity contribution in [2.75, 3.05) is 12.4 Å². The van der Waals surface area contributed by atoms with Gasteiger partial charge in [0.25, 0.3) is 0 Å². The van der Waals surface area contributed by atoms with Gasteiger partial charge in [0.1, 0.15) is 17.2 Å². The molecule has 0 atom stereocenters. The molecule has 1 N–H and O–H groups in total. The minimum absolute atomic E-state index is 0.799. The Bertz CT molecular complexity index is 476. The molecule has 0 aliphatic heterocycles. The van der Waals surface area contributed by atoms with Crippen molar-refractivity contribution in [1.29, 1.82) is 0 Å². The topological polar surface area (TPSA) is 37.8 Å². The summed E-state index contributed by atoms with van der Waals surface area (Å²) in [5.41, 5.74) is 0. The normalized spacial score (nSPS) is 10.1. The lowest BCUT2D eigenvalue weighted by atomic mass is 10.4. The van der Waals surface area contributed by atoms with Crippen molar-refractivity contribution in [3.63, 3.8) is 0 Å². The summed E-state index contributed by atoms with van der Waals surface area (Å²) in [6.07, 6.45) is 1.56. The van der Waals surface area contributed by atoms with Gasteiger partial charge < -0.3 is 5.32 Å². The number of rotatable bonds is 3. The maximum atomic E-state index is 4.25. The van der Waals surface area contributed by atoms with Crippen molar-refractivity contribution < 1.29 is 0 Å². The second-order valence-corrected chi connectivity index (χ2v) is 4.86. The molecule has 82 valence electrons. The van der Waals surface area contributed by atoms with E-state index in [0.29, 0.717) is 0 Å². The van der Waals surface area contributed by atoms with Gasteiger partial charge in [0.15, 0.2) is 0 Å². The molecule has 5 heteroatoms. The van der Waals surface area contributed by atoms with E-state index in [2.05, 4.69) is 43.3 Å². The zero-order chi connectivity index (χ0) is 11.4. The number of anilines is 1. The number of hydrogen-bond donors (Lipinski definition) is 1. The second kappa shape index (κ2) is 5.32. The zero-order valence-electron chi connectivity index (χ0n) is 8.64. The number of nitrogens with one attached hydrogen (secondary N) is 1. The smallest absolute Gasteiger partial charge is 0.144 e. The summed E-state index contributed by atoms with van der Waals surface area (Å²) in [6, 6.07) is 10.1. The molecule has 0 aliphatic carbocycles. The lowest BCUT2D eigenvalue weighted by molar-refractivity contribution is 1.03. The Morgan fingerprint density at radius 2 is 1.94 bits per heavy atom. The van der Waals surface area contributed by atoms with Crippen molar-refractivity contribution in [3.05, 3.63) is 41.1 Å². The molecule has 0 spiro atoms. The first kappa shape index (κ1) is 11.4. The van der Waals surface area contributed by atoms with Crippen LogP contribution in [-0.4, -0.2) is 17.0 Å². The molecule has 0 radical (unpaired) electrons. The van der Waals surface area contributed by atoms with Crippen LogP contribution in [0.5, 0.6) is 0 Å². The van der Waals surface area contributed by atoms with Crippen LogP contribution in [0.2, 0.25) is 0 Å². The number of benzene rings is 1. The zero-order valence-corrected chi connectivity index (χ0v) is 11.0. The summed E-state index contributed by atoms with van der Waals surface area (Å²) in [5.74, 6) is 0.799. The highest BCUT2D eigenvalue weighted by Gasteiger charge is 2.08. The van der Waals surface area contributed by atoms with Crippen LogP contribution in [0.25, 0.3) is 0 Å². The molecule has 1 aromatic heterocycles. The van der Waals surface area contributed by atoms with E-state index in [4.69, 9.17) is 0 Å². The molecule has 3 nitrogen and oxygen atoms in total. The average molecular weight is 296 g/mol. The van der Waals surface area contributed by atoms with Crippen LogP contribution in [0.15, 0.2) is 51.1 Å². The molecule has 0 amide bonds. The Labute approximate surface area is 107 Å². The van der Waals surface area contributed by atoms with Crippen LogP contribution in [0.4, 0.5) is 5.82 Å². The summed E-state index contributed by atoms with van der Waals surface area (Å²) in [6.45, 7) is 0. The predicted molar refractivity (Wildman–Crippen MR) is 69.8 cm³/mol. The summed E-state index contributed by atoms with van der Waals surface area (Å²) in [4.78, 5) is 9.52. The lowest BCUT2D eigenvalue weighted by Gasteiger charge is -2.06. The first-order valence-electron chi connectivity index (χ1n) is 4.72. The number of halogens is 1. The molecule has 1 heterocycles. The molecule has 0 bridgehead atoms. The quantitative estimate of drug-likeness (QED) is 0.881. The minimum atomic E-state index is 0.799. The Kier molecular flexibility index (Phi) is 3.79. The van der Waals surface area contributed by atoms with Gasteiger partial charge in [-0.05, 0) is 28.1 Å². The molecular weight excluding hydrogens is 286 g/mol. The predicted octanol–water partition coefficient (Wildman–Crippen LogP) is 3.43. The van der Waals surface area contributed by atoms with Crippen molar-refractivity contribution in [2.24, 2.45) is 0 Å². The van der Waals surface area contributed by atoms with Gasteiger partial charge in [0.2, 0.25) is 0 Å².